The predicted octanol–water partition coefficient (Wildman–Crippen LogP) is 1.86. The number of benzene rings is 1. The summed E-state index contributed by atoms with van der Waals surface area (Å²) >= 11 is 0.996. The monoisotopic (exact) mass is 374 g/mol. The summed E-state index contributed by atoms with van der Waals surface area (Å²) < 4.78 is 26.3. The number of rotatable bonds is 9. The van der Waals surface area contributed by atoms with E-state index in [4.69, 9.17) is 5.11 Å². The molecule has 1 rings (SSSR count). The molecule has 1 amide bonds. The van der Waals surface area contributed by atoms with Gasteiger partial charge in [-0.3, -0.25) is 9.59 Å². The van der Waals surface area contributed by atoms with Crippen molar-refractivity contribution in [2.75, 3.05) is 24.2 Å². The Labute approximate surface area is 146 Å². The highest BCUT2D eigenvalue weighted by atomic mass is 32.2. The van der Waals surface area contributed by atoms with Crippen LogP contribution in [0.15, 0.2) is 29.2 Å². The van der Waals surface area contributed by atoms with Gasteiger partial charge in [0.15, 0.2) is 0 Å². The van der Waals surface area contributed by atoms with Crippen LogP contribution in [0.2, 0.25) is 0 Å². The minimum atomic E-state index is -3.60. The maximum absolute atomic E-state index is 12.5. The molecular weight excluding hydrogens is 352 g/mol. The maximum Gasteiger partial charge on any atom is 0.316 e. The first kappa shape index (κ1) is 20.5. The molecule has 0 saturated heterocycles. The van der Waals surface area contributed by atoms with Crippen molar-refractivity contribution < 1.29 is 23.1 Å². The average molecular weight is 374 g/mol. The normalized spacial score (nSPS) is 12.8. The fourth-order valence-corrected chi connectivity index (χ4v) is 4.04. The van der Waals surface area contributed by atoms with Crippen molar-refractivity contribution in [2.45, 2.75) is 30.9 Å². The van der Waals surface area contributed by atoms with Crippen LogP contribution in [0.25, 0.3) is 0 Å². The highest BCUT2D eigenvalue weighted by Crippen LogP contribution is 2.20. The van der Waals surface area contributed by atoms with Crippen LogP contribution in [0.3, 0.4) is 0 Å². The summed E-state index contributed by atoms with van der Waals surface area (Å²) in [4.78, 5) is 22.7. The highest BCUT2D eigenvalue weighted by molar-refractivity contribution is 8.01. The van der Waals surface area contributed by atoms with Gasteiger partial charge in [-0.25, -0.2) is 8.42 Å². The number of hydrogen-bond donors (Lipinski definition) is 2. The van der Waals surface area contributed by atoms with E-state index in [2.05, 4.69) is 5.32 Å². The molecule has 0 heterocycles. The van der Waals surface area contributed by atoms with Crippen molar-refractivity contribution in [3.63, 3.8) is 0 Å². The number of anilines is 1. The Morgan fingerprint density at radius 3 is 2.46 bits per heavy atom. The number of carbonyl (C=O) groups excluding carboxylic acids is 1. The summed E-state index contributed by atoms with van der Waals surface area (Å²) in [6, 6.07) is 6.02. The summed E-state index contributed by atoms with van der Waals surface area (Å²) in [5, 5.41) is 10.7. The third kappa shape index (κ3) is 5.50. The van der Waals surface area contributed by atoms with E-state index in [1.54, 1.807) is 26.0 Å². The van der Waals surface area contributed by atoms with Gasteiger partial charge >= 0.3 is 5.97 Å². The molecule has 1 aromatic rings. The molecule has 0 aromatic heterocycles. The lowest BCUT2D eigenvalue weighted by molar-refractivity contribution is -0.136. The molecule has 0 spiro atoms. The fraction of sp³-hybridized carbons (Fsp3) is 0.467. The molecule has 24 heavy (non-hydrogen) atoms. The van der Waals surface area contributed by atoms with E-state index in [1.165, 1.54) is 23.4 Å². The quantitative estimate of drug-likeness (QED) is 0.684. The first-order valence-corrected chi connectivity index (χ1v) is 9.95. The number of carbonyl (C=O) groups is 2. The summed E-state index contributed by atoms with van der Waals surface area (Å²) in [7, 11) is -3.60. The maximum atomic E-state index is 12.5. The first-order valence-electron chi connectivity index (χ1n) is 7.46. The molecular formula is C15H22N2O5S2. The third-order valence-electron chi connectivity index (χ3n) is 3.27. The van der Waals surface area contributed by atoms with Crippen molar-refractivity contribution in [1.29, 1.82) is 0 Å². The Bertz CT molecular complexity index is 687. The van der Waals surface area contributed by atoms with Gasteiger partial charge in [0.1, 0.15) is 0 Å². The number of sulfonamides is 1. The van der Waals surface area contributed by atoms with Gasteiger partial charge in [0, 0.05) is 18.8 Å². The van der Waals surface area contributed by atoms with Crippen molar-refractivity contribution >= 4 is 39.3 Å². The van der Waals surface area contributed by atoms with Gasteiger partial charge in [-0.15, -0.1) is 11.8 Å². The molecule has 0 aliphatic rings. The number of thioether (sulfide) groups is 1. The lowest BCUT2D eigenvalue weighted by atomic mass is 10.3. The Balaban J connectivity index is 2.82. The van der Waals surface area contributed by atoms with E-state index in [9.17, 15) is 18.0 Å². The second-order valence-electron chi connectivity index (χ2n) is 4.96. The van der Waals surface area contributed by atoms with E-state index < -0.39 is 21.2 Å². The molecule has 0 bridgehead atoms. The summed E-state index contributed by atoms with van der Waals surface area (Å²) in [5.41, 5.74) is 0.358. The zero-order valence-corrected chi connectivity index (χ0v) is 15.5. The molecule has 1 atom stereocenters. The number of aliphatic carboxylic acids is 1. The van der Waals surface area contributed by atoms with Crippen LogP contribution in [0.4, 0.5) is 5.69 Å². The van der Waals surface area contributed by atoms with Gasteiger partial charge in [-0.1, -0.05) is 19.9 Å². The van der Waals surface area contributed by atoms with E-state index in [0.717, 1.165) is 11.8 Å². The Morgan fingerprint density at radius 2 is 1.92 bits per heavy atom. The Morgan fingerprint density at radius 1 is 1.29 bits per heavy atom. The summed E-state index contributed by atoms with van der Waals surface area (Å²) in [6.45, 7) is 5.73. The van der Waals surface area contributed by atoms with Crippen LogP contribution in [0.5, 0.6) is 0 Å². The minimum absolute atomic E-state index is 0.0273. The number of amides is 1. The van der Waals surface area contributed by atoms with E-state index in [1.807, 2.05) is 0 Å². The van der Waals surface area contributed by atoms with Gasteiger partial charge in [-0.2, -0.15) is 4.31 Å². The van der Waals surface area contributed by atoms with E-state index >= 15 is 0 Å². The summed E-state index contributed by atoms with van der Waals surface area (Å²) in [6.07, 6.45) is 0. The number of hydrogen-bond acceptors (Lipinski definition) is 5. The zero-order chi connectivity index (χ0) is 18.3. The number of nitrogens with zero attached hydrogens (tertiary/aromatic N) is 1. The van der Waals surface area contributed by atoms with Gasteiger partial charge < -0.3 is 10.4 Å². The summed E-state index contributed by atoms with van der Waals surface area (Å²) in [5.74, 6) is -1.40. The second-order valence-corrected chi connectivity index (χ2v) is 8.22. The second kappa shape index (κ2) is 9.05. The number of carboxylic acid groups (broad SMARTS) is 1. The van der Waals surface area contributed by atoms with Crippen LogP contribution >= 0.6 is 11.8 Å². The predicted molar refractivity (Wildman–Crippen MR) is 94.7 cm³/mol. The van der Waals surface area contributed by atoms with Gasteiger partial charge in [0.05, 0.1) is 15.9 Å². The fourth-order valence-electron chi connectivity index (χ4n) is 1.92. The zero-order valence-electron chi connectivity index (χ0n) is 13.9. The van der Waals surface area contributed by atoms with Crippen LogP contribution in [-0.4, -0.2) is 53.8 Å². The molecule has 0 saturated carbocycles. The van der Waals surface area contributed by atoms with Crippen molar-refractivity contribution in [3.05, 3.63) is 24.3 Å². The number of carboxylic acids is 1. The van der Waals surface area contributed by atoms with Crippen LogP contribution < -0.4 is 5.32 Å². The van der Waals surface area contributed by atoms with Crippen LogP contribution in [0, 0.1) is 0 Å². The lowest BCUT2D eigenvalue weighted by Gasteiger charge is -2.18. The first-order chi connectivity index (χ1) is 11.2. The molecule has 0 aliphatic carbocycles. The molecule has 1 aromatic carbocycles. The van der Waals surface area contributed by atoms with Crippen LogP contribution in [0.1, 0.15) is 20.8 Å². The van der Waals surface area contributed by atoms with Crippen molar-refractivity contribution in [1.82, 2.24) is 4.31 Å². The smallest absolute Gasteiger partial charge is 0.316 e. The van der Waals surface area contributed by atoms with E-state index in [-0.39, 0.29) is 16.6 Å². The van der Waals surface area contributed by atoms with Crippen LogP contribution in [-0.2, 0) is 19.6 Å². The minimum Gasteiger partial charge on any atom is -0.480 e. The third-order valence-corrected chi connectivity index (χ3v) is 6.45. The van der Waals surface area contributed by atoms with Crippen molar-refractivity contribution in [2.24, 2.45) is 0 Å². The highest BCUT2D eigenvalue weighted by Gasteiger charge is 2.22. The molecule has 2 N–H and O–H groups in total. The Kier molecular flexibility index (Phi) is 7.71. The molecule has 134 valence electrons. The molecule has 0 aliphatic heterocycles. The molecule has 0 fully saturated rings. The molecule has 0 radical (unpaired) electrons. The Hall–Kier alpha value is -1.58. The number of nitrogens with one attached hydrogen (secondary N) is 1. The largest absolute Gasteiger partial charge is 0.480 e. The van der Waals surface area contributed by atoms with Crippen molar-refractivity contribution in [3.8, 4) is 0 Å². The molecule has 7 nitrogen and oxygen atoms in total. The molecule has 9 heteroatoms. The van der Waals surface area contributed by atoms with E-state index in [0.29, 0.717) is 18.8 Å². The average Bonchev–Trinajstić information content (AvgIpc) is 2.53. The lowest BCUT2D eigenvalue weighted by Crippen LogP contribution is -2.30. The topological polar surface area (TPSA) is 104 Å². The SMILES string of the molecule is CCN(CC)S(=O)(=O)c1cccc(NC(=O)CS[C@@H](C)C(=O)O)c1. The van der Waals surface area contributed by atoms with Gasteiger partial charge in [0.25, 0.3) is 0 Å². The molecule has 0 unspecified atom stereocenters. The standard InChI is InChI=1S/C15H22N2O5S2/c1-4-17(5-2)24(21,22)13-8-6-7-12(9-13)16-14(18)10-23-11(3)15(19)20/h6-9,11H,4-5,10H2,1-3H3,(H,16,18)(H,19,20)/t11-/m0/s1. The van der Waals surface area contributed by atoms with Gasteiger partial charge in [0.2, 0.25) is 15.9 Å². The van der Waals surface area contributed by atoms with Gasteiger partial charge in [-0.05, 0) is 25.1 Å².